The van der Waals surface area contributed by atoms with Crippen molar-refractivity contribution in [2.75, 3.05) is 30.0 Å². The molecule has 0 radical (unpaired) electrons. The molecule has 29 heavy (non-hydrogen) atoms. The normalized spacial score (nSPS) is 12.3. The zero-order valence-corrected chi connectivity index (χ0v) is 18.8. The van der Waals surface area contributed by atoms with Crippen LogP contribution in [0.15, 0.2) is 48.5 Å². The van der Waals surface area contributed by atoms with E-state index in [-0.39, 0.29) is 5.91 Å². The molecule has 0 aliphatic rings. The lowest BCUT2D eigenvalue weighted by Gasteiger charge is -2.28. The predicted octanol–water partition coefficient (Wildman–Crippen LogP) is 3.21. The molecule has 0 bridgehead atoms. The number of sulfonamides is 1. The van der Waals surface area contributed by atoms with Crippen LogP contribution in [0.25, 0.3) is 0 Å². The molecule has 0 saturated heterocycles. The summed E-state index contributed by atoms with van der Waals surface area (Å²) in [6.45, 7) is 4.13. The zero-order valence-electron chi connectivity index (χ0n) is 17.2. The van der Waals surface area contributed by atoms with Crippen LogP contribution in [0.1, 0.15) is 18.1 Å². The lowest BCUT2D eigenvalue weighted by molar-refractivity contribution is -0.121. The first-order valence-corrected chi connectivity index (χ1v) is 12.3. The van der Waals surface area contributed by atoms with E-state index < -0.39 is 16.1 Å². The quantitative estimate of drug-likeness (QED) is 0.579. The number of carbonyl (C=O) groups is 1. The van der Waals surface area contributed by atoms with Crippen molar-refractivity contribution in [3.63, 3.8) is 0 Å². The molecule has 0 saturated carbocycles. The number of anilines is 1. The van der Waals surface area contributed by atoms with Gasteiger partial charge < -0.3 is 10.1 Å². The number of thioether (sulfide) groups is 1. The Kier molecular flexibility index (Phi) is 8.40. The van der Waals surface area contributed by atoms with Gasteiger partial charge in [0.05, 0.1) is 19.1 Å². The predicted molar refractivity (Wildman–Crippen MR) is 120 cm³/mol. The van der Waals surface area contributed by atoms with E-state index in [0.29, 0.717) is 18.0 Å². The maximum atomic E-state index is 12.6. The van der Waals surface area contributed by atoms with Gasteiger partial charge in [-0.05, 0) is 37.1 Å². The summed E-state index contributed by atoms with van der Waals surface area (Å²) in [5.41, 5.74) is 2.92. The molecule has 2 aromatic carbocycles. The first kappa shape index (κ1) is 23.1. The van der Waals surface area contributed by atoms with E-state index in [1.54, 1.807) is 43.0 Å². The van der Waals surface area contributed by atoms with Crippen molar-refractivity contribution in [1.82, 2.24) is 5.32 Å². The standard InChI is InChI=1S/C21H28N2O4S2/c1-16-8-5-6-9-18(16)15-28-13-12-22-21(24)17(2)23(29(4,25)26)19-10-7-11-20(14-19)27-3/h5-11,14,17H,12-13,15H2,1-4H3,(H,22,24)/t17-/m1/s1. The van der Waals surface area contributed by atoms with Crippen molar-refractivity contribution in [1.29, 1.82) is 0 Å². The van der Waals surface area contributed by atoms with Gasteiger partial charge in [0.25, 0.3) is 0 Å². The first-order valence-electron chi connectivity index (χ1n) is 9.27. The van der Waals surface area contributed by atoms with Crippen LogP contribution in [0.4, 0.5) is 5.69 Å². The number of benzene rings is 2. The average molecular weight is 437 g/mol. The van der Waals surface area contributed by atoms with Crippen LogP contribution in [0.3, 0.4) is 0 Å². The SMILES string of the molecule is COc1cccc(N([C@H](C)C(=O)NCCSCc2ccccc2C)S(C)(=O)=O)c1. The molecule has 1 atom stereocenters. The Labute approximate surface area is 177 Å². The molecular weight excluding hydrogens is 408 g/mol. The van der Waals surface area contributed by atoms with Gasteiger partial charge in [-0.15, -0.1) is 0 Å². The first-order chi connectivity index (χ1) is 13.7. The number of rotatable bonds is 10. The molecule has 1 N–H and O–H groups in total. The number of methoxy groups -OCH3 is 1. The smallest absolute Gasteiger partial charge is 0.243 e. The van der Waals surface area contributed by atoms with Crippen LogP contribution in [0.2, 0.25) is 0 Å². The topological polar surface area (TPSA) is 75.7 Å². The fourth-order valence-electron chi connectivity index (χ4n) is 2.90. The third-order valence-corrected chi connectivity index (χ3v) is 6.71. The molecule has 6 nitrogen and oxygen atoms in total. The third-order valence-electron chi connectivity index (χ3n) is 4.46. The van der Waals surface area contributed by atoms with E-state index in [9.17, 15) is 13.2 Å². The summed E-state index contributed by atoms with van der Waals surface area (Å²) in [6.07, 6.45) is 1.09. The summed E-state index contributed by atoms with van der Waals surface area (Å²) in [4.78, 5) is 12.6. The molecule has 1 amide bonds. The minimum Gasteiger partial charge on any atom is -0.497 e. The molecule has 0 aromatic heterocycles. The van der Waals surface area contributed by atoms with Gasteiger partial charge in [-0.1, -0.05) is 30.3 Å². The summed E-state index contributed by atoms with van der Waals surface area (Å²) in [5.74, 6) is 1.80. The molecule has 0 heterocycles. The fourth-order valence-corrected chi connectivity index (χ4v) is 5.01. The number of hydrogen-bond donors (Lipinski definition) is 1. The number of nitrogens with one attached hydrogen (secondary N) is 1. The van der Waals surface area contributed by atoms with Crippen LogP contribution >= 0.6 is 11.8 Å². The highest BCUT2D eigenvalue weighted by Crippen LogP contribution is 2.25. The number of aryl methyl sites for hydroxylation is 1. The summed E-state index contributed by atoms with van der Waals surface area (Å²) < 4.78 is 31.0. The molecule has 158 valence electrons. The van der Waals surface area contributed by atoms with Crippen molar-refractivity contribution < 1.29 is 17.9 Å². The summed E-state index contributed by atoms with van der Waals surface area (Å²) >= 11 is 1.73. The van der Waals surface area contributed by atoms with Gasteiger partial charge in [0.15, 0.2) is 0 Å². The van der Waals surface area contributed by atoms with Crippen LogP contribution in [-0.2, 0) is 20.6 Å². The highest BCUT2D eigenvalue weighted by atomic mass is 32.2. The average Bonchev–Trinajstić information content (AvgIpc) is 2.68. The van der Waals surface area contributed by atoms with Crippen LogP contribution in [0, 0.1) is 6.92 Å². The second kappa shape index (κ2) is 10.5. The molecule has 2 aromatic rings. The van der Waals surface area contributed by atoms with Gasteiger partial charge in [-0.2, -0.15) is 11.8 Å². The molecule has 2 rings (SSSR count). The van der Waals surface area contributed by atoms with Crippen molar-refractivity contribution in [2.24, 2.45) is 0 Å². The summed E-state index contributed by atoms with van der Waals surface area (Å²) in [5, 5.41) is 2.84. The molecule has 0 unspecified atom stereocenters. The lowest BCUT2D eigenvalue weighted by Crippen LogP contribution is -2.48. The lowest BCUT2D eigenvalue weighted by atomic mass is 10.1. The maximum absolute atomic E-state index is 12.6. The third kappa shape index (κ3) is 6.68. The fraction of sp³-hybridized carbons (Fsp3) is 0.381. The Hall–Kier alpha value is -2.19. The summed E-state index contributed by atoms with van der Waals surface area (Å²) in [6, 6.07) is 14.0. The van der Waals surface area contributed by atoms with Gasteiger partial charge in [-0.3, -0.25) is 9.10 Å². The number of hydrogen-bond acceptors (Lipinski definition) is 5. The molecule has 8 heteroatoms. The highest BCUT2D eigenvalue weighted by Gasteiger charge is 2.29. The molecule has 0 aliphatic carbocycles. The zero-order chi connectivity index (χ0) is 21.4. The van der Waals surface area contributed by atoms with Gasteiger partial charge >= 0.3 is 0 Å². The van der Waals surface area contributed by atoms with Crippen molar-refractivity contribution in [3.8, 4) is 5.75 Å². The van der Waals surface area contributed by atoms with E-state index >= 15 is 0 Å². The minimum absolute atomic E-state index is 0.338. The number of amides is 1. The largest absolute Gasteiger partial charge is 0.497 e. The van der Waals surface area contributed by atoms with Gasteiger partial charge in [0, 0.05) is 24.1 Å². The van der Waals surface area contributed by atoms with E-state index in [4.69, 9.17) is 4.74 Å². The van der Waals surface area contributed by atoms with Gasteiger partial charge in [-0.25, -0.2) is 8.42 Å². The van der Waals surface area contributed by atoms with E-state index in [0.717, 1.165) is 22.1 Å². The second-order valence-corrected chi connectivity index (χ2v) is 9.67. The maximum Gasteiger partial charge on any atom is 0.243 e. The molecular formula is C21H28N2O4S2. The number of nitrogens with zero attached hydrogens (tertiary/aromatic N) is 1. The van der Waals surface area contributed by atoms with Crippen LogP contribution in [-0.4, -0.2) is 46.0 Å². The van der Waals surface area contributed by atoms with E-state index in [1.807, 2.05) is 12.1 Å². The summed E-state index contributed by atoms with van der Waals surface area (Å²) in [7, 11) is -2.14. The van der Waals surface area contributed by atoms with E-state index in [2.05, 4.69) is 24.4 Å². The Bertz CT molecular complexity index is 932. The van der Waals surface area contributed by atoms with E-state index in [1.165, 1.54) is 18.2 Å². The Morgan fingerprint density at radius 1 is 1.21 bits per heavy atom. The molecule has 0 spiro atoms. The van der Waals surface area contributed by atoms with Crippen molar-refractivity contribution in [2.45, 2.75) is 25.6 Å². The van der Waals surface area contributed by atoms with Crippen molar-refractivity contribution in [3.05, 3.63) is 59.7 Å². The molecule has 0 aliphatic heterocycles. The Morgan fingerprint density at radius 3 is 2.59 bits per heavy atom. The number of ether oxygens (including phenoxy) is 1. The monoisotopic (exact) mass is 436 g/mol. The van der Waals surface area contributed by atoms with Crippen LogP contribution < -0.4 is 14.4 Å². The number of carbonyl (C=O) groups excluding carboxylic acids is 1. The highest BCUT2D eigenvalue weighted by molar-refractivity contribution is 7.98. The Balaban J connectivity index is 1.94. The van der Waals surface area contributed by atoms with Crippen molar-refractivity contribution >= 4 is 33.4 Å². The van der Waals surface area contributed by atoms with Crippen LogP contribution in [0.5, 0.6) is 5.75 Å². The second-order valence-electron chi connectivity index (χ2n) is 6.71. The van der Waals surface area contributed by atoms with Gasteiger partial charge in [0.1, 0.15) is 11.8 Å². The van der Waals surface area contributed by atoms with Gasteiger partial charge in [0.2, 0.25) is 15.9 Å². The molecule has 0 fully saturated rings. The Morgan fingerprint density at radius 2 is 1.93 bits per heavy atom. The minimum atomic E-state index is -3.65.